The number of aromatic nitrogens is 3. The highest BCUT2D eigenvalue weighted by Crippen LogP contribution is 2.28. The number of halogens is 1. The van der Waals surface area contributed by atoms with Gasteiger partial charge in [-0.1, -0.05) is 31.2 Å². The zero-order valence-corrected chi connectivity index (χ0v) is 14.2. The lowest BCUT2D eigenvalue weighted by atomic mass is 9.91. The first kappa shape index (κ1) is 14.4. The Morgan fingerprint density at radius 3 is 3.04 bits per heavy atom. The monoisotopic (exact) mass is 370 g/mol. The van der Waals surface area contributed by atoms with E-state index in [0.717, 1.165) is 4.47 Å². The van der Waals surface area contributed by atoms with Crippen molar-refractivity contribution in [3.05, 3.63) is 64.0 Å². The fraction of sp³-hybridized carbons (Fsp3) is 0.235. The second-order valence-electron chi connectivity index (χ2n) is 5.89. The zero-order valence-electron chi connectivity index (χ0n) is 12.6. The molecule has 0 spiro atoms. The molecule has 0 saturated carbocycles. The lowest BCUT2D eigenvalue weighted by Crippen LogP contribution is -2.37. The predicted octanol–water partition coefficient (Wildman–Crippen LogP) is 3.25. The van der Waals surface area contributed by atoms with E-state index in [0.29, 0.717) is 30.3 Å². The molecule has 23 heavy (non-hydrogen) atoms. The van der Waals surface area contributed by atoms with Crippen LogP contribution in [0, 0.1) is 0 Å². The summed E-state index contributed by atoms with van der Waals surface area (Å²) in [6.07, 6.45) is 3.50. The molecule has 116 valence electrons. The molecule has 4 rings (SSSR count). The van der Waals surface area contributed by atoms with Crippen LogP contribution in [0.5, 0.6) is 0 Å². The maximum Gasteiger partial charge on any atom is 0.274 e. The van der Waals surface area contributed by atoms with Gasteiger partial charge in [0.05, 0.1) is 4.47 Å². The van der Waals surface area contributed by atoms with Gasteiger partial charge in [-0.05, 0) is 33.0 Å². The van der Waals surface area contributed by atoms with Crippen LogP contribution < -0.4 is 0 Å². The molecule has 0 fully saturated rings. The van der Waals surface area contributed by atoms with Gasteiger partial charge < -0.3 is 4.90 Å². The second kappa shape index (κ2) is 5.45. The van der Waals surface area contributed by atoms with E-state index in [-0.39, 0.29) is 5.91 Å². The summed E-state index contributed by atoms with van der Waals surface area (Å²) in [7, 11) is 0. The van der Waals surface area contributed by atoms with Crippen LogP contribution in [-0.2, 0) is 6.54 Å². The summed E-state index contributed by atoms with van der Waals surface area (Å²) in [5.74, 6) is 0.279. The van der Waals surface area contributed by atoms with Gasteiger partial charge in [0.25, 0.3) is 5.91 Å². The van der Waals surface area contributed by atoms with Crippen molar-refractivity contribution in [2.75, 3.05) is 6.54 Å². The van der Waals surface area contributed by atoms with E-state index in [4.69, 9.17) is 0 Å². The molecule has 0 aliphatic carbocycles. The van der Waals surface area contributed by atoms with Crippen LogP contribution >= 0.6 is 15.9 Å². The number of carbonyl (C=O) groups is 1. The molecule has 3 heterocycles. The van der Waals surface area contributed by atoms with Crippen LogP contribution in [0.25, 0.3) is 5.65 Å². The number of hydrogen-bond acceptors (Lipinski definition) is 3. The molecular formula is C17H15BrN4O. The SMILES string of the molecule is CC1CN(C(=O)c2cc3ncc(Br)cn3n2)Cc2ccccc21. The normalized spacial score (nSPS) is 17.3. The van der Waals surface area contributed by atoms with Gasteiger partial charge in [0.1, 0.15) is 0 Å². The van der Waals surface area contributed by atoms with Crippen molar-refractivity contribution in [3.8, 4) is 0 Å². The van der Waals surface area contributed by atoms with Crippen molar-refractivity contribution in [1.29, 1.82) is 0 Å². The quantitative estimate of drug-likeness (QED) is 0.660. The van der Waals surface area contributed by atoms with Gasteiger partial charge >= 0.3 is 0 Å². The van der Waals surface area contributed by atoms with Crippen molar-refractivity contribution >= 4 is 27.5 Å². The molecule has 0 N–H and O–H groups in total. The minimum absolute atomic E-state index is 0.0482. The Morgan fingerprint density at radius 1 is 1.35 bits per heavy atom. The Morgan fingerprint density at radius 2 is 2.17 bits per heavy atom. The molecule has 1 atom stereocenters. The Labute approximate surface area is 142 Å². The van der Waals surface area contributed by atoms with Crippen LogP contribution in [0.1, 0.15) is 34.5 Å². The van der Waals surface area contributed by atoms with Crippen LogP contribution in [0.3, 0.4) is 0 Å². The summed E-state index contributed by atoms with van der Waals surface area (Å²) in [5.41, 5.74) is 3.64. The molecule has 1 aromatic carbocycles. The molecule has 0 bridgehead atoms. The van der Waals surface area contributed by atoms with Crippen LogP contribution in [0.4, 0.5) is 0 Å². The van der Waals surface area contributed by atoms with Crippen LogP contribution in [0.15, 0.2) is 47.2 Å². The Balaban J connectivity index is 1.66. The number of amides is 1. The lowest BCUT2D eigenvalue weighted by Gasteiger charge is -2.32. The molecule has 5 nitrogen and oxygen atoms in total. The van der Waals surface area contributed by atoms with Gasteiger partial charge in [0, 0.05) is 31.5 Å². The Hall–Kier alpha value is -2.21. The molecule has 6 heteroatoms. The smallest absolute Gasteiger partial charge is 0.274 e. The summed E-state index contributed by atoms with van der Waals surface area (Å²) in [5, 5.41) is 4.36. The third-order valence-electron chi connectivity index (χ3n) is 4.23. The first-order valence-electron chi connectivity index (χ1n) is 7.50. The summed E-state index contributed by atoms with van der Waals surface area (Å²) in [6.45, 7) is 3.49. The second-order valence-corrected chi connectivity index (χ2v) is 6.81. The summed E-state index contributed by atoms with van der Waals surface area (Å²) in [4.78, 5) is 18.9. The van der Waals surface area contributed by atoms with Crippen molar-refractivity contribution in [2.45, 2.75) is 19.4 Å². The molecule has 1 aliphatic heterocycles. The van der Waals surface area contributed by atoms with Crippen molar-refractivity contribution in [3.63, 3.8) is 0 Å². The average Bonchev–Trinajstić information content (AvgIpc) is 2.97. The average molecular weight is 371 g/mol. The molecule has 1 unspecified atom stereocenters. The van der Waals surface area contributed by atoms with Crippen molar-refractivity contribution < 1.29 is 4.79 Å². The summed E-state index contributed by atoms with van der Waals surface area (Å²) < 4.78 is 2.45. The molecular weight excluding hydrogens is 356 g/mol. The Kier molecular flexibility index (Phi) is 3.41. The van der Waals surface area contributed by atoms with Gasteiger partial charge in [0.2, 0.25) is 0 Å². The molecule has 2 aromatic heterocycles. The number of carbonyl (C=O) groups excluding carboxylic acids is 1. The minimum Gasteiger partial charge on any atom is -0.332 e. The van der Waals surface area contributed by atoms with Gasteiger partial charge in [0.15, 0.2) is 11.3 Å². The molecule has 1 amide bonds. The first-order valence-corrected chi connectivity index (χ1v) is 8.29. The maximum atomic E-state index is 12.8. The standard InChI is InChI=1S/C17H15BrN4O/c1-11-8-21(9-12-4-2-3-5-14(11)12)17(23)15-6-16-19-7-13(18)10-22(16)20-15/h2-7,10-11H,8-9H2,1H3. The largest absolute Gasteiger partial charge is 0.332 e. The number of benzene rings is 1. The van der Waals surface area contributed by atoms with Gasteiger partial charge in [-0.25, -0.2) is 9.50 Å². The van der Waals surface area contributed by atoms with Crippen molar-refractivity contribution in [2.24, 2.45) is 0 Å². The number of fused-ring (bicyclic) bond motifs is 2. The molecule has 3 aromatic rings. The summed E-state index contributed by atoms with van der Waals surface area (Å²) in [6, 6.07) is 10.0. The maximum absolute atomic E-state index is 12.8. The van der Waals surface area contributed by atoms with E-state index in [9.17, 15) is 4.79 Å². The topological polar surface area (TPSA) is 50.5 Å². The predicted molar refractivity (Wildman–Crippen MR) is 90.3 cm³/mol. The Bertz CT molecular complexity index is 904. The van der Waals surface area contributed by atoms with E-state index >= 15 is 0 Å². The van der Waals surface area contributed by atoms with Gasteiger partial charge in [-0.2, -0.15) is 5.10 Å². The van der Waals surface area contributed by atoms with E-state index in [1.807, 2.05) is 11.0 Å². The highest BCUT2D eigenvalue weighted by Gasteiger charge is 2.27. The zero-order chi connectivity index (χ0) is 16.0. The molecule has 0 radical (unpaired) electrons. The molecule has 0 saturated heterocycles. The first-order chi connectivity index (χ1) is 11.1. The van der Waals surface area contributed by atoms with E-state index in [1.54, 1.807) is 23.0 Å². The number of nitrogens with zero attached hydrogens (tertiary/aromatic N) is 4. The summed E-state index contributed by atoms with van der Waals surface area (Å²) >= 11 is 3.36. The third kappa shape index (κ3) is 2.53. The highest BCUT2D eigenvalue weighted by molar-refractivity contribution is 9.10. The van der Waals surface area contributed by atoms with Crippen LogP contribution in [-0.4, -0.2) is 31.9 Å². The van der Waals surface area contributed by atoms with Gasteiger partial charge in [-0.3, -0.25) is 4.79 Å². The van der Waals surface area contributed by atoms with Crippen molar-refractivity contribution in [1.82, 2.24) is 19.5 Å². The van der Waals surface area contributed by atoms with Crippen LogP contribution in [0.2, 0.25) is 0 Å². The highest BCUT2D eigenvalue weighted by atomic mass is 79.9. The molecule has 1 aliphatic rings. The van der Waals surface area contributed by atoms with E-state index in [2.05, 4.69) is 51.1 Å². The van der Waals surface area contributed by atoms with E-state index < -0.39 is 0 Å². The lowest BCUT2D eigenvalue weighted by molar-refractivity contribution is 0.0714. The van der Waals surface area contributed by atoms with E-state index in [1.165, 1.54) is 11.1 Å². The fourth-order valence-electron chi connectivity index (χ4n) is 3.13. The fourth-order valence-corrected chi connectivity index (χ4v) is 3.43. The number of rotatable bonds is 1. The third-order valence-corrected chi connectivity index (χ3v) is 4.64. The van der Waals surface area contributed by atoms with Gasteiger partial charge in [-0.15, -0.1) is 0 Å². The number of hydrogen-bond donors (Lipinski definition) is 0. The minimum atomic E-state index is -0.0482.